The minimum atomic E-state index is -3.87. The van der Waals surface area contributed by atoms with Crippen molar-refractivity contribution in [3.8, 4) is 0 Å². The molecule has 0 heterocycles. The van der Waals surface area contributed by atoms with Crippen LogP contribution in [0, 0.1) is 10.1 Å². The third kappa shape index (κ3) is 2.74. The Hall–Kier alpha value is -1.47. The summed E-state index contributed by atoms with van der Waals surface area (Å²) >= 11 is 0. The highest BCUT2D eigenvalue weighted by molar-refractivity contribution is 7.86. The van der Waals surface area contributed by atoms with Gasteiger partial charge in [-0.25, -0.2) is 0 Å². The Morgan fingerprint density at radius 2 is 2.13 bits per heavy atom. The minimum Gasteiger partial charge on any atom is -0.267 e. The number of non-ortho nitro benzene ring substituents is 1. The molecule has 15 heavy (non-hydrogen) atoms. The van der Waals surface area contributed by atoms with E-state index < -0.39 is 15.0 Å². The normalized spacial score (nSPS) is 11.3. The second kappa shape index (κ2) is 4.37. The number of nitro benzene ring substituents is 1. The average molecular weight is 231 g/mol. The molecule has 0 aromatic heterocycles. The summed E-state index contributed by atoms with van der Waals surface area (Å²) in [5.74, 6) is 0. The van der Waals surface area contributed by atoms with Crippen molar-refractivity contribution in [3.63, 3.8) is 0 Å². The molecule has 0 unspecified atom stereocenters. The van der Waals surface area contributed by atoms with Gasteiger partial charge in [0.2, 0.25) is 0 Å². The summed E-state index contributed by atoms with van der Waals surface area (Å²) in [6.45, 7) is 1.51. The molecule has 0 atom stereocenters. The predicted molar refractivity (Wildman–Crippen MR) is 51.9 cm³/mol. The van der Waals surface area contributed by atoms with Crippen LogP contribution in [0.4, 0.5) is 5.69 Å². The van der Waals surface area contributed by atoms with Crippen molar-refractivity contribution in [3.05, 3.63) is 34.4 Å². The van der Waals surface area contributed by atoms with E-state index in [9.17, 15) is 18.5 Å². The summed E-state index contributed by atoms with van der Waals surface area (Å²) in [5, 5.41) is 10.4. The average Bonchev–Trinajstić information content (AvgIpc) is 2.18. The number of hydrogen-bond acceptors (Lipinski definition) is 5. The van der Waals surface area contributed by atoms with Gasteiger partial charge in [-0.05, 0) is 13.0 Å². The predicted octanol–water partition coefficient (Wildman–Crippen LogP) is 1.32. The van der Waals surface area contributed by atoms with E-state index in [1.165, 1.54) is 25.1 Å². The first kappa shape index (κ1) is 11.6. The first-order valence-electron chi connectivity index (χ1n) is 4.11. The van der Waals surface area contributed by atoms with Gasteiger partial charge in [-0.15, -0.1) is 0 Å². The molecular formula is C8H9NO5S. The summed E-state index contributed by atoms with van der Waals surface area (Å²) in [6.07, 6.45) is 0. The molecule has 1 aromatic carbocycles. The lowest BCUT2D eigenvalue weighted by atomic mass is 10.3. The van der Waals surface area contributed by atoms with Crippen LogP contribution in [0.1, 0.15) is 6.92 Å². The fourth-order valence-electron chi connectivity index (χ4n) is 0.976. The standard InChI is InChI=1S/C8H9NO5S/c1-2-14-15(12,13)8-5-3-4-7(6-8)9(10)11/h3-6H,2H2,1H3. The first-order chi connectivity index (χ1) is 6.97. The van der Waals surface area contributed by atoms with Crippen LogP contribution in [0.2, 0.25) is 0 Å². The van der Waals surface area contributed by atoms with E-state index in [1.54, 1.807) is 0 Å². The number of nitrogens with zero attached hydrogens (tertiary/aromatic N) is 1. The van der Waals surface area contributed by atoms with Gasteiger partial charge in [-0.3, -0.25) is 14.3 Å². The Bertz CT molecular complexity index is 468. The molecule has 6 nitrogen and oxygen atoms in total. The Labute approximate surface area is 86.8 Å². The van der Waals surface area contributed by atoms with Crippen LogP contribution in [-0.4, -0.2) is 19.9 Å². The van der Waals surface area contributed by atoms with Gasteiger partial charge in [0.05, 0.1) is 11.5 Å². The first-order valence-corrected chi connectivity index (χ1v) is 5.52. The molecule has 0 radical (unpaired) electrons. The van der Waals surface area contributed by atoms with E-state index in [0.29, 0.717) is 0 Å². The Kier molecular flexibility index (Phi) is 3.38. The molecule has 0 spiro atoms. The number of nitro groups is 1. The molecule has 0 fully saturated rings. The largest absolute Gasteiger partial charge is 0.297 e. The molecule has 0 amide bonds. The van der Waals surface area contributed by atoms with E-state index in [2.05, 4.69) is 4.18 Å². The summed E-state index contributed by atoms with van der Waals surface area (Å²) < 4.78 is 27.2. The van der Waals surface area contributed by atoms with Crippen LogP contribution in [0.3, 0.4) is 0 Å². The van der Waals surface area contributed by atoms with Gasteiger partial charge in [0.25, 0.3) is 15.8 Å². The molecule has 0 saturated carbocycles. The van der Waals surface area contributed by atoms with Crippen molar-refractivity contribution in [1.82, 2.24) is 0 Å². The maximum Gasteiger partial charge on any atom is 0.297 e. The van der Waals surface area contributed by atoms with Crippen molar-refractivity contribution < 1.29 is 17.5 Å². The lowest BCUT2D eigenvalue weighted by Crippen LogP contribution is -2.06. The monoisotopic (exact) mass is 231 g/mol. The fourth-order valence-corrected chi connectivity index (χ4v) is 1.93. The topological polar surface area (TPSA) is 86.5 Å². The highest BCUT2D eigenvalue weighted by Crippen LogP contribution is 2.18. The van der Waals surface area contributed by atoms with Gasteiger partial charge < -0.3 is 0 Å². The van der Waals surface area contributed by atoms with Crippen molar-refractivity contribution >= 4 is 15.8 Å². The molecule has 0 bridgehead atoms. The van der Waals surface area contributed by atoms with Crippen molar-refractivity contribution in [2.45, 2.75) is 11.8 Å². The van der Waals surface area contributed by atoms with E-state index in [0.717, 1.165) is 6.07 Å². The third-order valence-corrected chi connectivity index (χ3v) is 2.97. The number of rotatable bonds is 4. The zero-order chi connectivity index (χ0) is 11.5. The molecule has 1 aromatic rings. The molecule has 0 saturated heterocycles. The maximum absolute atomic E-state index is 11.4. The van der Waals surface area contributed by atoms with Gasteiger partial charge in [0, 0.05) is 12.1 Å². The lowest BCUT2D eigenvalue weighted by Gasteiger charge is -2.02. The highest BCUT2D eigenvalue weighted by Gasteiger charge is 2.17. The quantitative estimate of drug-likeness (QED) is 0.443. The van der Waals surface area contributed by atoms with E-state index in [1.807, 2.05) is 0 Å². The van der Waals surface area contributed by atoms with Crippen molar-refractivity contribution in [1.29, 1.82) is 0 Å². The Morgan fingerprint density at radius 1 is 1.47 bits per heavy atom. The third-order valence-electron chi connectivity index (χ3n) is 1.59. The summed E-state index contributed by atoms with van der Waals surface area (Å²) in [4.78, 5) is 9.54. The van der Waals surface area contributed by atoms with Gasteiger partial charge in [-0.1, -0.05) is 6.07 Å². The fraction of sp³-hybridized carbons (Fsp3) is 0.250. The molecule has 0 aliphatic rings. The van der Waals surface area contributed by atoms with Gasteiger partial charge in [0.1, 0.15) is 4.90 Å². The Balaban J connectivity index is 3.16. The van der Waals surface area contributed by atoms with Crippen LogP contribution >= 0.6 is 0 Å². The molecule has 0 aliphatic carbocycles. The lowest BCUT2D eigenvalue weighted by molar-refractivity contribution is -0.385. The van der Waals surface area contributed by atoms with Gasteiger partial charge in [0.15, 0.2) is 0 Å². The summed E-state index contributed by atoms with van der Waals surface area (Å²) in [5.41, 5.74) is -0.282. The van der Waals surface area contributed by atoms with Crippen LogP contribution in [-0.2, 0) is 14.3 Å². The van der Waals surface area contributed by atoms with Crippen molar-refractivity contribution in [2.75, 3.05) is 6.61 Å². The molecule has 7 heteroatoms. The summed E-state index contributed by atoms with van der Waals surface area (Å²) in [7, 11) is -3.87. The van der Waals surface area contributed by atoms with Gasteiger partial charge in [-0.2, -0.15) is 8.42 Å². The Morgan fingerprint density at radius 3 is 2.67 bits per heavy atom. The SMILES string of the molecule is CCOS(=O)(=O)c1cccc([N+](=O)[O-])c1. The molecule has 0 N–H and O–H groups in total. The van der Waals surface area contributed by atoms with Crippen LogP contribution in [0.5, 0.6) is 0 Å². The zero-order valence-corrected chi connectivity index (χ0v) is 8.73. The molecule has 1 rings (SSSR count). The minimum absolute atomic E-state index is 0.00890. The maximum atomic E-state index is 11.4. The van der Waals surface area contributed by atoms with Crippen molar-refractivity contribution in [2.24, 2.45) is 0 Å². The van der Waals surface area contributed by atoms with Crippen LogP contribution in [0.25, 0.3) is 0 Å². The van der Waals surface area contributed by atoms with Crippen LogP contribution in [0.15, 0.2) is 29.2 Å². The highest BCUT2D eigenvalue weighted by atomic mass is 32.2. The smallest absolute Gasteiger partial charge is 0.267 e. The van der Waals surface area contributed by atoms with E-state index in [4.69, 9.17) is 0 Å². The molecular weight excluding hydrogens is 222 g/mol. The van der Waals surface area contributed by atoms with E-state index >= 15 is 0 Å². The second-order valence-electron chi connectivity index (χ2n) is 2.62. The van der Waals surface area contributed by atoms with Crippen LogP contribution < -0.4 is 0 Å². The molecule has 82 valence electrons. The summed E-state index contributed by atoms with van der Waals surface area (Å²) in [6, 6.07) is 4.72. The number of hydrogen-bond donors (Lipinski definition) is 0. The number of benzene rings is 1. The zero-order valence-electron chi connectivity index (χ0n) is 7.91. The van der Waals surface area contributed by atoms with E-state index in [-0.39, 0.29) is 17.2 Å². The molecule has 0 aliphatic heterocycles. The second-order valence-corrected chi connectivity index (χ2v) is 4.23. The van der Waals surface area contributed by atoms with Gasteiger partial charge >= 0.3 is 0 Å².